The first-order valence-corrected chi connectivity index (χ1v) is 18.1. The molecule has 0 saturated heterocycles. The minimum absolute atomic E-state index is 0.00720. The number of carbonyl (C=O) groups is 2. The number of hydrogen-bond acceptors (Lipinski definition) is 6. The van der Waals surface area contributed by atoms with Crippen LogP contribution in [0.25, 0.3) is 11.1 Å². The SMILES string of the molecule is CCc1n[nH]c(C)c1-c1ccc(NC(=O)[C@@H](NC(=O)c2ccnn2CCCSC)C(C2CCCCC2)C2CCCCC2)nc1F. The van der Waals surface area contributed by atoms with Crippen molar-refractivity contribution in [3.8, 4) is 11.1 Å². The lowest BCUT2D eigenvalue weighted by Gasteiger charge is -2.41. The fraction of sp³-hybridized carbons (Fsp3) is 0.618. The van der Waals surface area contributed by atoms with E-state index in [-0.39, 0.29) is 23.6 Å². The number of hydrogen-bond donors (Lipinski definition) is 3. The maximum absolute atomic E-state index is 15.5. The first-order valence-electron chi connectivity index (χ1n) is 16.7. The van der Waals surface area contributed by atoms with Crippen LogP contribution >= 0.6 is 11.8 Å². The van der Waals surface area contributed by atoms with Crippen LogP contribution in [0, 0.1) is 30.6 Å². The quantitative estimate of drug-likeness (QED) is 0.138. The molecule has 3 aromatic heterocycles. The van der Waals surface area contributed by atoms with E-state index in [1.165, 1.54) is 12.8 Å². The molecule has 2 saturated carbocycles. The Hall–Kier alpha value is -3.21. The summed E-state index contributed by atoms with van der Waals surface area (Å²) in [6.45, 7) is 4.46. The van der Waals surface area contributed by atoms with E-state index in [4.69, 9.17) is 0 Å². The van der Waals surface area contributed by atoms with Gasteiger partial charge >= 0.3 is 0 Å². The van der Waals surface area contributed by atoms with Gasteiger partial charge in [-0.3, -0.25) is 19.4 Å². The molecule has 3 N–H and O–H groups in total. The fourth-order valence-electron chi connectivity index (χ4n) is 7.57. The molecule has 0 bridgehead atoms. The highest BCUT2D eigenvalue weighted by molar-refractivity contribution is 7.98. The third-order valence-corrected chi connectivity index (χ3v) is 10.4. The minimum Gasteiger partial charge on any atom is -0.339 e. The lowest BCUT2D eigenvalue weighted by atomic mass is 9.66. The van der Waals surface area contributed by atoms with Crippen molar-refractivity contribution < 1.29 is 14.0 Å². The van der Waals surface area contributed by atoms with E-state index in [9.17, 15) is 9.59 Å². The van der Waals surface area contributed by atoms with Crippen LogP contribution in [0.2, 0.25) is 0 Å². The number of thioether (sulfide) groups is 1. The summed E-state index contributed by atoms with van der Waals surface area (Å²) in [5.41, 5.74) is 3.04. The van der Waals surface area contributed by atoms with Crippen LogP contribution in [0.5, 0.6) is 0 Å². The van der Waals surface area contributed by atoms with Crippen LogP contribution in [-0.4, -0.2) is 54.8 Å². The van der Waals surface area contributed by atoms with Gasteiger partial charge in [0.05, 0.1) is 5.69 Å². The Labute approximate surface area is 270 Å². The van der Waals surface area contributed by atoms with Gasteiger partial charge in [-0.05, 0) is 67.7 Å². The summed E-state index contributed by atoms with van der Waals surface area (Å²) in [6, 6.07) is 4.23. The Balaban J connectivity index is 1.44. The maximum Gasteiger partial charge on any atom is 0.270 e. The number of aromatic nitrogens is 5. The number of aryl methyl sites for hydroxylation is 3. The van der Waals surface area contributed by atoms with Crippen molar-refractivity contribution in [3.63, 3.8) is 0 Å². The molecule has 3 heterocycles. The Morgan fingerprint density at radius 1 is 1.07 bits per heavy atom. The zero-order valence-corrected chi connectivity index (χ0v) is 27.7. The summed E-state index contributed by atoms with van der Waals surface area (Å²) >= 11 is 1.76. The number of anilines is 1. The first-order chi connectivity index (χ1) is 21.9. The van der Waals surface area contributed by atoms with E-state index in [2.05, 4.69) is 37.2 Å². The summed E-state index contributed by atoms with van der Waals surface area (Å²) < 4.78 is 17.2. The second kappa shape index (κ2) is 15.9. The molecule has 0 unspecified atom stereocenters. The molecular weight excluding hydrogens is 589 g/mol. The molecule has 2 aliphatic rings. The number of nitrogens with one attached hydrogen (secondary N) is 3. The van der Waals surface area contributed by atoms with Gasteiger partial charge in [0, 0.05) is 29.6 Å². The third kappa shape index (κ3) is 7.96. The van der Waals surface area contributed by atoms with Gasteiger partial charge in [0.15, 0.2) is 0 Å². The van der Waals surface area contributed by atoms with E-state index >= 15 is 4.39 Å². The summed E-state index contributed by atoms with van der Waals surface area (Å²) in [5, 5.41) is 17.7. The molecule has 2 amide bonds. The number of halogens is 1. The van der Waals surface area contributed by atoms with Gasteiger partial charge in [0.2, 0.25) is 11.9 Å². The zero-order chi connectivity index (χ0) is 31.8. The zero-order valence-electron chi connectivity index (χ0n) is 26.9. The molecule has 0 radical (unpaired) electrons. The Bertz CT molecular complexity index is 1410. The standard InChI is InChI=1S/C34H48FN7O2S/c1-4-26-29(22(2)40-41-26)25-16-17-28(37-32(25)35)38-34(44)31(39-33(43)27-18-19-36-42(27)20-11-21-45-3)30(23-12-7-5-8-13-23)24-14-9-6-10-15-24/h16-19,23-24,30-31H,4-15,20-21H2,1-3H3,(H,39,43)(H,40,41)(H,37,38,44)/t31-/m0/s1. The van der Waals surface area contributed by atoms with E-state index in [1.807, 2.05) is 13.8 Å². The molecular formula is C34H48FN7O2S. The highest BCUT2D eigenvalue weighted by Crippen LogP contribution is 2.42. The van der Waals surface area contributed by atoms with Crippen LogP contribution in [0.15, 0.2) is 24.4 Å². The monoisotopic (exact) mass is 637 g/mol. The number of nitrogens with zero attached hydrogens (tertiary/aromatic N) is 4. The Morgan fingerprint density at radius 2 is 1.76 bits per heavy atom. The molecule has 45 heavy (non-hydrogen) atoms. The summed E-state index contributed by atoms with van der Waals surface area (Å²) in [4.78, 5) is 32.3. The summed E-state index contributed by atoms with van der Waals surface area (Å²) in [5.74, 6) is 0.468. The molecule has 5 rings (SSSR count). The maximum atomic E-state index is 15.5. The molecule has 9 nitrogen and oxygen atoms in total. The average Bonchev–Trinajstić information content (AvgIpc) is 3.68. The molecule has 2 fully saturated rings. The number of pyridine rings is 1. The average molecular weight is 638 g/mol. The Morgan fingerprint density at radius 3 is 2.38 bits per heavy atom. The lowest BCUT2D eigenvalue weighted by molar-refractivity contribution is -0.121. The smallest absolute Gasteiger partial charge is 0.270 e. The van der Waals surface area contributed by atoms with Crippen molar-refractivity contribution in [2.45, 2.75) is 103 Å². The van der Waals surface area contributed by atoms with E-state index < -0.39 is 12.0 Å². The van der Waals surface area contributed by atoms with Crippen molar-refractivity contribution in [3.05, 3.63) is 47.4 Å². The van der Waals surface area contributed by atoms with Crippen LogP contribution in [-0.2, 0) is 17.8 Å². The predicted molar refractivity (Wildman–Crippen MR) is 178 cm³/mol. The Kier molecular flexibility index (Phi) is 11.7. The van der Waals surface area contributed by atoms with Crippen LogP contribution in [0.3, 0.4) is 0 Å². The number of aromatic amines is 1. The van der Waals surface area contributed by atoms with Gasteiger partial charge in [0.1, 0.15) is 17.6 Å². The molecule has 0 aromatic carbocycles. The topological polar surface area (TPSA) is 118 Å². The van der Waals surface area contributed by atoms with E-state index in [0.717, 1.165) is 74.9 Å². The van der Waals surface area contributed by atoms with E-state index in [0.29, 0.717) is 41.6 Å². The molecule has 2 aliphatic carbocycles. The second-order valence-electron chi connectivity index (χ2n) is 12.7. The predicted octanol–water partition coefficient (Wildman–Crippen LogP) is 6.95. The van der Waals surface area contributed by atoms with Crippen molar-refractivity contribution in [2.24, 2.45) is 17.8 Å². The van der Waals surface area contributed by atoms with Gasteiger partial charge in [0.25, 0.3) is 5.91 Å². The van der Waals surface area contributed by atoms with Crippen LogP contribution in [0.1, 0.15) is 99.4 Å². The third-order valence-electron chi connectivity index (χ3n) is 9.74. The second-order valence-corrected chi connectivity index (χ2v) is 13.6. The highest BCUT2D eigenvalue weighted by Gasteiger charge is 2.41. The van der Waals surface area contributed by atoms with Gasteiger partial charge in [-0.2, -0.15) is 26.3 Å². The number of H-pyrrole nitrogens is 1. The largest absolute Gasteiger partial charge is 0.339 e. The van der Waals surface area contributed by atoms with Gasteiger partial charge < -0.3 is 10.6 Å². The molecule has 0 aliphatic heterocycles. The number of rotatable bonds is 13. The molecule has 0 spiro atoms. The first kappa shape index (κ1) is 33.2. The van der Waals surface area contributed by atoms with Gasteiger partial charge in [-0.1, -0.05) is 71.1 Å². The normalized spacial score (nSPS) is 17.0. The van der Waals surface area contributed by atoms with Crippen molar-refractivity contribution in [1.29, 1.82) is 0 Å². The summed E-state index contributed by atoms with van der Waals surface area (Å²) in [7, 11) is 0. The van der Waals surface area contributed by atoms with Crippen molar-refractivity contribution in [1.82, 2.24) is 30.3 Å². The minimum atomic E-state index is -0.773. The lowest BCUT2D eigenvalue weighted by Crippen LogP contribution is -2.53. The fourth-order valence-corrected chi connectivity index (χ4v) is 7.99. The summed E-state index contributed by atoms with van der Waals surface area (Å²) in [6.07, 6.45) is 16.4. The van der Waals surface area contributed by atoms with Gasteiger partial charge in [-0.15, -0.1) is 0 Å². The van der Waals surface area contributed by atoms with Crippen LogP contribution in [0.4, 0.5) is 10.2 Å². The number of carbonyl (C=O) groups excluding carboxylic acids is 2. The van der Waals surface area contributed by atoms with Gasteiger partial charge in [-0.25, -0.2) is 4.98 Å². The molecule has 1 atom stereocenters. The van der Waals surface area contributed by atoms with Crippen molar-refractivity contribution >= 4 is 29.4 Å². The molecule has 11 heteroatoms. The van der Waals surface area contributed by atoms with Crippen molar-refractivity contribution in [2.75, 3.05) is 17.3 Å². The van der Waals surface area contributed by atoms with Crippen LogP contribution < -0.4 is 10.6 Å². The highest BCUT2D eigenvalue weighted by atomic mass is 32.2. The molecule has 3 aromatic rings. The van der Waals surface area contributed by atoms with E-state index in [1.54, 1.807) is 40.8 Å². The number of amides is 2. The molecule has 244 valence electrons.